The molecule has 8 nitrogen and oxygen atoms in total. The van der Waals surface area contributed by atoms with Crippen LogP contribution in [0, 0.1) is 0 Å². The second-order valence-electron chi connectivity index (χ2n) is 6.66. The first kappa shape index (κ1) is 23.3. The number of methoxy groups -OCH3 is 2. The molecule has 3 aromatic rings. The highest BCUT2D eigenvalue weighted by Gasteiger charge is 2.14. The first-order valence-electron chi connectivity index (χ1n) is 10.1. The number of hydrogen-bond acceptors (Lipinski definition) is 7. The van der Waals surface area contributed by atoms with E-state index in [0.29, 0.717) is 40.5 Å². The van der Waals surface area contributed by atoms with E-state index >= 15 is 0 Å². The van der Waals surface area contributed by atoms with Gasteiger partial charge in [0.2, 0.25) is 0 Å². The van der Waals surface area contributed by atoms with E-state index < -0.39 is 11.9 Å². The lowest BCUT2D eigenvalue weighted by Gasteiger charge is -2.11. The van der Waals surface area contributed by atoms with Crippen LogP contribution in [0.25, 0.3) is 0 Å². The smallest absolute Gasteiger partial charge is 0.343 e. The van der Waals surface area contributed by atoms with Crippen LogP contribution in [0.2, 0.25) is 0 Å². The molecule has 0 atom stereocenters. The van der Waals surface area contributed by atoms with Crippen LogP contribution in [0.15, 0.2) is 71.8 Å². The Morgan fingerprint density at radius 1 is 0.909 bits per heavy atom. The quantitative estimate of drug-likeness (QED) is 0.229. The van der Waals surface area contributed by atoms with E-state index in [4.69, 9.17) is 18.9 Å². The van der Waals surface area contributed by atoms with Gasteiger partial charge in [0, 0.05) is 0 Å². The molecule has 3 aromatic carbocycles. The molecule has 0 saturated carbocycles. The molecular formula is C25H24N2O6. The Bertz CT molecular complexity index is 1140. The van der Waals surface area contributed by atoms with Crippen LogP contribution in [0.1, 0.15) is 33.2 Å². The van der Waals surface area contributed by atoms with Gasteiger partial charge in [-0.2, -0.15) is 5.10 Å². The monoisotopic (exact) mass is 448 g/mol. The minimum atomic E-state index is -0.524. The summed E-state index contributed by atoms with van der Waals surface area (Å²) in [6, 6.07) is 18.4. The Hall–Kier alpha value is -4.33. The predicted octanol–water partition coefficient (Wildman–Crippen LogP) is 4.09. The molecule has 8 heteroatoms. The van der Waals surface area contributed by atoms with Crippen molar-refractivity contribution < 1.29 is 28.5 Å². The standard InChI is InChI=1S/C25H24N2O6/c1-4-32-23-15-17(16-26-27-24(28)20-7-5-6-8-21(20)31-3)9-14-22(23)33-25(29)18-10-12-19(30-2)13-11-18/h5-16H,4H2,1-3H3,(H,27,28)/b26-16+. The van der Waals surface area contributed by atoms with Gasteiger partial charge < -0.3 is 18.9 Å². The van der Waals surface area contributed by atoms with Gasteiger partial charge in [-0.15, -0.1) is 0 Å². The van der Waals surface area contributed by atoms with Crippen LogP contribution >= 0.6 is 0 Å². The number of para-hydroxylation sites is 1. The molecule has 0 saturated heterocycles. The second kappa shape index (κ2) is 11.3. The first-order valence-corrected chi connectivity index (χ1v) is 10.1. The lowest BCUT2D eigenvalue weighted by atomic mass is 10.2. The average molecular weight is 448 g/mol. The van der Waals surface area contributed by atoms with E-state index in [2.05, 4.69) is 10.5 Å². The molecule has 0 aromatic heterocycles. The molecule has 3 rings (SSSR count). The van der Waals surface area contributed by atoms with Gasteiger partial charge in [0.05, 0.1) is 38.2 Å². The zero-order valence-electron chi connectivity index (χ0n) is 18.5. The average Bonchev–Trinajstić information content (AvgIpc) is 2.85. The van der Waals surface area contributed by atoms with Gasteiger partial charge in [-0.3, -0.25) is 4.79 Å². The Kier molecular flexibility index (Phi) is 8.02. The number of amides is 1. The zero-order valence-corrected chi connectivity index (χ0v) is 18.5. The van der Waals surface area contributed by atoms with Gasteiger partial charge >= 0.3 is 5.97 Å². The van der Waals surface area contributed by atoms with Crippen molar-refractivity contribution in [1.29, 1.82) is 0 Å². The van der Waals surface area contributed by atoms with E-state index in [1.54, 1.807) is 73.8 Å². The van der Waals surface area contributed by atoms with Crippen molar-refractivity contribution in [2.45, 2.75) is 6.92 Å². The Morgan fingerprint density at radius 3 is 2.36 bits per heavy atom. The minimum Gasteiger partial charge on any atom is -0.497 e. The second-order valence-corrected chi connectivity index (χ2v) is 6.66. The lowest BCUT2D eigenvalue weighted by molar-refractivity contribution is 0.0728. The van der Waals surface area contributed by atoms with Crippen molar-refractivity contribution in [2.24, 2.45) is 5.10 Å². The van der Waals surface area contributed by atoms with Crippen LogP contribution < -0.4 is 24.4 Å². The van der Waals surface area contributed by atoms with Crippen molar-refractivity contribution >= 4 is 18.1 Å². The molecule has 0 heterocycles. The van der Waals surface area contributed by atoms with Gasteiger partial charge in [0.1, 0.15) is 11.5 Å². The van der Waals surface area contributed by atoms with E-state index in [1.165, 1.54) is 13.3 Å². The van der Waals surface area contributed by atoms with Gasteiger partial charge in [-0.25, -0.2) is 10.2 Å². The number of esters is 1. The molecule has 0 aliphatic heterocycles. The van der Waals surface area contributed by atoms with Crippen LogP contribution in [0.5, 0.6) is 23.0 Å². The van der Waals surface area contributed by atoms with Crippen molar-refractivity contribution in [2.75, 3.05) is 20.8 Å². The normalized spacial score (nSPS) is 10.5. The molecule has 0 bridgehead atoms. The van der Waals surface area contributed by atoms with Crippen molar-refractivity contribution in [1.82, 2.24) is 5.43 Å². The molecule has 33 heavy (non-hydrogen) atoms. The molecular weight excluding hydrogens is 424 g/mol. The Morgan fingerprint density at radius 2 is 1.67 bits per heavy atom. The third-order valence-corrected chi connectivity index (χ3v) is 4.53. The zero-order chi connectivity index (χ0) is 23.6. The Balaban J connectivity index is 1.70. The fourth-order valence-corrected chi connectivity index (χ4v) is 2.90. The number of carbonyl (C=O) groups excluding carboxylic acids is 2. The van der Waals surface area contributed by atoms with E-state index in [1.807, 2.05) is 6.92 Å². The summed E-state index contributed by atoms with van der Waals surface area (Å²) in [5.41, 5.74) is 3.85. The summed E-state index contributed by atoms with van der Waals surface area (Å²) >= 11 is 0. The summed E-state index contributed by atoms with van der Waals surface area (Å²) in [5, 5.41) is 3.99. The third-order valence-electron chi connectivity index (χ3n) is 4.53. The van der Waals surface area contributed by atoms with E-state index in [9.17, 15) is 9.59 Å². The van der Waals surface area contributed by atoms with Crippen molar-refractivity contribution in [3.8, 4) is 23.0 Å². The number of nitrogens with one attached hydrogen (secondary N) is 1. The molecule has 1 N–H and O–H groups in total. The van der Waals surface area contributed by atoms with Gasteiger partial charge in [-0.05, 0) is 67.1 Å². The fraction of sp³-hybridized carbons (Fsp3) is 0.160. The maximum atomic E-state index is 12.5. The highest BCUT2D eigenvalue weighted by atomic mass is 16.6. The lowest BCUT2D eigenvalue weighted by Crippen LogP contribution is -2.18. The number of nitrogens with zero attached hydrogens (tertiary/aromatic N) is 1. The molecule has 0 aliphatic carbocycles. The molecule has 0 aliphatic rings. The van der Waals surface area contributed by atoms with Gasteiger partial charge in [0.15, 0.2) is 11.5 Å². The van der Waals surface area contributed by atoms with Crippen molar-refractivity contribution in [3.63, 3.8) is 0 Å². The van der Waals surface area contributed by atoms with Crippen molar-refractivity contribution in [3.05, 3.63) is 83.4 Å². The van der Waals surface area contributed by atoms with E-state index in [-0.39, 0.29) is 5.75 Å². The number of ether oxygens (including phenoxy) is 4. The molecule has 0 fully saturated rings. The largest absolute Gasteiger partial charge is 0.497 e. The minimum absolute atomic E-state index is 0.271. The number of hydrazone groups is 1. The summed E-state index contributed by atoms with van der Waals surface area (Å²) in [6.45, 7) is 2.20. The molecule has 0 radical (unpaired) electrons. The van der Waals surface area contributed by atoms with Crippen LogP contribution in [-0.2, 0) is 0 Å². The summed E-state index contributed by atoms with van der Waals surface area (Å²) < 4.78 is 21.4. The number of hydrogen-bond donors (Lipinski definition) is 1. The highest BCUT2D eigenvalue weighted by molar-refractivity contribution is 5.97. The van der Waals surface area contributed by atoms with Crippen LogP contribution in [0.3, 0.4) is 0 Å². The number of rotatable bonds is 9. The molecule has 1 amide bonds. The van der Waals surface area contributed by atoms with Gasteiger partial charge in [-0.1, -0.05) is 12.1 Å². The summed E-state index contributed by atoms with van der Waals surface area (Å²) in [6.07, 6.45) is 1.46. The predicted molar refractivity (Wildman–Crippen MR) is 124 cm³/mol. The molecule has 0 spiro atoms. The summed E-state index contributed by atoms with van der Waals surface area (Å²) in [5.74, 6) is 0.810. The van der Waals surface area contributed by atoms with E-state index in [0.717, 1.165) is 0 Å². The molecule has 170 valence electrons. The molecule has 0 unspecified atom stereocenters. The van der Waals surface area contributed by atoms with Crippen LogP contribution in [0.4, 0.5) is 0 Å². The summed E-state index contributed by atoms with van der Waals surface area (Å²) in [7, 11) is 3.05. The fourth-order valence-electron chi connectivity index (χ4n) is 2.90. The topological polar surface area (TPSA) is 95.5 Å². The summed E-state index contributed by atoms with van der Waals surface area (Å²) in [4.78, 5) is 24.8. The first-order chi connectivity index (χ1) is 16.0. The third kappa shape index (κ3) is 6.10. The SMILES string of the molecule is CCOc1cc(/C=N/NC(=O)c2ccccc2OC)ccc1OC(=O)c1ccc(OC)cc1. The number of carbonyl (C=O) groups is 2. The van der Waals surface area contributed by atoms with Gasteiger partial charge in [0.25, 0.3) is 5.91 Å². The maximum Gasteiger partial charge on any atom is 0.343 e. The highest BCUT2D eigenvalue weighted by Crippen LogP contribution is 2.29. The maximum absolute atomic E-state index is 12.5. The Labute approximate surface area is 191 Å². The van der Waals surface area contributed by atoms with Crippen LogP contribution in [-0.4, -0.2) is 38.9 Å². The number of benzene rings is 3.